The minimum absolute atomic E-state index is 0.655. The van der Waals surface area contributed by atoms with Crippen molar-refractivity contribution in [1.29, 1.82) is 0 Å². The first-order chi connectivity index (χ1) is 16.2. The number of ether oxygens (including phenoxy) is 1. The molecule has 172 valence electrons. The van der Waals surface area contributed by atoms with Crippen LogP contribution in [0.3, 0.4) is 0 Å². The zero-order valence-corrected chi connectivity index (χ0v) is 20.0. The number of rotatable bonds is 5. The fraction of sp³-hybridized carbons (Fsp3) is 0.385. The summed E-state index contributed by atoms with van der Waals surface area (Å²) in [4.78, 5) is 9.66. The van der Waals surface area contributed by atoms with E-state index in [-0.39, 0.29) is 0 Å². The van der Waals surface area contributed by atoms with E-state index >= 15 is 0 Å². The zero-order chi connectivity index (χ0) is 22.6. The van der Waals surface area contributed by atoms with E-state index < -0.39 is 0 Å². The number of nitrogens with one attached hydrogen (secondary N) is 2. The van der Waals surface area contributed by atoms with Crippen LogP contribution in [-0.4, -0.2) is 60.9 Å². The Balaban J connectivity index is 1.16. The zero-order valence-electron chi connectivity index (χ0n) is 19.1. The Hall–Kier alpha value is -2.74. The molecule has 6 nitrogen and oxygen atoms in total. The Morgan fingerprint density at radius 3 is 2.73 bits per heavy atom. The summed E-state index contributed by atoms with van der Waals surface area (Å²) in [5, 5.41) is 8.50. The maximum atomic E-state index is 5.55. The molecule has 0 radical (unpaired) electrons. The van der Waals surface area contributed by atoms with Crippen LogP contribution in [-0.2, 0) is 17.7 Å². The number of morpholine rings is 1. The van der Waals surface area contributed by atoms with Crippen molar-refractivity contribution >= 4 is 39.7 Å². The monoisotopic (exact) mass is 461 g/mol. The molecule has 0 atom stereocenters. The number of aromatic nitrogens is 1. The summed E-state index contributed by atoms with van der Waals surface area (Å²) in [6, 6.07) is 17.2. The van der Waals surface area contributed by atoms with Gasteiger partial charge in [0.2, 0.25) is 0 Å². The quantitative estimate of drug-likeness (QED) is 0.562. The normalized spacial score (nSPS) is 16.5. The lowest BCUT2D eigenvalue weighted by molar-refractivity contribution is 0.122. The summed E-state index contributed by atoms with van der Waals surface area (Å²) in [5.74, 6) is 1.03. The third-order valence-electron chi connectivity index (χ3n) is 6.52. The number of hydrogen-bond donors (Lipinski definition) is 2. The van der Waals surface area contributed by atoms with Crippen molar-refractivity contribution in [3.63, 3.8) is 0 Å². The minimum Gasteiger partial charge on any atom is -0.378 e. The van der Waals surface area contributed by atoms with E-state index in [1.54, 1.807) is 0 Å². The van der Waals surface area contributed by atoms with Crippen LogP contribution >= 0.6 is 12.2 Å². The van der Waals surface area contributed by atoms with Crippen molar-refractivity contribution in [1.82, 2.24) is 15.2 Å². The summed E-state index contributed by atoms with van der Waals surface area (Å²) in [6.45, 7) is 9.36. The molecule has 0 amide bonds. The Morgan fingerprint density at radius 1 is 1.06 bits per heavy atom. The highest BCUT2D eigenvalue weighted by atomic mass is 32.1. The van der Waals surface area contributed by atoms with Crippen molar-refractivity contribution in [3.05, 3.63) is 65.2 Å². The lowest BCUT2D eigenvalue weighted by Gasteiger charge is -2.28. The van der Waals surface area contributed by atoms with E-state index in [9.17, 15) is 0 Å². The standard InChI is InChI=1S/C26H31N5OS/c1-19-16-25(31-12-14-32-15-13-31)29-24-7-6-22(17-23(19)24)28-26(33)27-9-11-30-10-8-20-4-2-3-5-21(20)18-30/h2-7,16-17H,8-15,18H2,1H3,(H2,27,28,33). The maximum Gasteiger partial charge on any atom is 0.170 e. The lowest BCUT2D eigenvalue weighted by atomic mass is 10.00. The molecule has 0 saturated carbocycles. The number of benzene rings is 2. The molecule has 33 heavy (non-hydrogen) atoms. The molecule has 2 aromatic carbocycles. The van der Waals surface area contributed by atoms with E-state index in [2.05, 4.69) is 69.8 Å². The van der Waals surface area contributed by atoms with Crippen LogP contribution in [0.5, 0.6) is 0 Å². The molecule has 2 aliphatic rings. The Labute approximate surface area is 200 Å². The first kappa shape index (κ1) is 22.1. The van der Waals surface area contributed by atoms with Crippen LogP contribution in [0.1, 0.15) is 16.7 Å². The van der Waals surface area contributed by atoms with Crippen LogP contribution in [0, 0.1) is 6.92 Å². The number of aryl methyl sites for hydroxylation is 1. The van der Waals surface area contributed by atoms with Gasteiger partial charge in [-0.25, -0.2) is 4.98 Å². The molecular weight excluding hydrogens is 430 g/mol. The smallest absolute Gasteiger partial charge is 0.170 e. The highest BCUT2D eigenvalue weighted by Gasteiger charge is 2.16. The van der Waals surface area contributed by atoms with Gasteiger partial charge in [0.15, 0.2) is 5.11 Å². The molecule has 5 rings (SSSR count). The van der Waals surface area contributed by atoms with Crippen LogP contribution in [0.2, 0.25) is 0 Å². The predicted molar refractivity (Wildman–Crippen MR) is 139 cm³/mol. The molecule has 0 aliphatic carbocycles. The minimum atomic E-state index is 0.655. The van der Waals surface area contributed by atoms with E-state index in [0.29, 0.717) is 5.11 Å². The molecule has 3 heterocycles. The van der Waals surface area contributed by atoms with Crippen LogP contribution < -0.4 is 15.5 Å². The van der Waals surface area contributed by atoms with Crippen molar-refractivity contribution < 1.29 is 4.74 Å². The number of anilines is 2. The van der Waals surface area contributed by atoms with Gasteiger partial charge >= 0.3 is 0 Å². The summed E-state index contributed by atoms with van der Waals surface area (Å²) in [7, 11) is 0. The molecule has 2 N–H and O–H groups in total. The molecule has 7 heteroatoms. The van der Waals surface area contributed by atoms with Crippen LogP contribution in [0.25, 0.3) is 10.9 Å². The number of thiocarbonyl (C=S) groups is 1. The van der Waals surface area contributed by atoms with E-state index in [1.807, 2.05) is 6.07 Å². The predicted octanol–water partition coefficient (Wildman–Crippen LogP) is 3.72. The first-order valence-electron chi connectivity index (χ1n) is 11.7. The van der Waals surface area contributed by atoms with Crippen LogP contribution in [0.4, 0.5) is 11.5 Å². The fourth-order valence-corrected chi connectivity index (χ4v) is 4.88. The third kappa shape index (κ3) is 5.27. The second-order valence-electron chi connectivity index (χ2n) is 8.80. The van der Waals surface area contributed by atoms with Gasteiger partial charge < -0.3 is 20.3 Å². The first-order valence-corrected chi connectivity index (χ1v) is 12.1. The second kappa shape index (κ2) is 10.0. The summed E-state index contributed by atoms with van der Waals surface area (Å²) in [5.41, 5.74) is 6.13. The number of pyridine rings is 1. The van der Waals surface area contributed by atoms with Gasteiger partial charge in [0, 0.05) is 50.3 Å². The SMILES string of the molecule is Cc1cc(N2CCOCC2)nc2ccc(NC(=S)NCCN3CCc4ccccc4C3)cc12. The average Bonchev–Trinajstić information content (AvgIpc) is 2.85. The molecule has 1 saturated heterocycles. The van der Waals surface area contributed by atoms with Gasteiger partial charge in [0.1, 0.15) is 5.82 Å². The van der Waals surface area contributed by atoms with Gasteiger partial charge in [-0.15, -0.1) is 0 Å². The largest absolute Gasteiger partial charge is 0.378 e. The highest BCUT2D eigenvalue weighted by molar-refractivity contribution is 7.80. The van der Waals surface area contributed by atoms with Gasteiger partial charge in [-0.1, -0.05) is 24.3 Å². The maximum absolute atomic E-state index is 5.55. The second-order valence-corrected chi connectivity index (χ2v) is 9.21. The number of nitrogens with zero attached hydrogens (tertiary/aromatic N) is 3. The fourth-order valence-electron chi connectivity index (χ4n) is 4.66. The molecule has 0 spiro atoms. The molecule has 3 aromatic rings. The summed E-state index contributed by atoms with van der Waals surface area (Å²) >= 11 is 5.55. The summed E-state index contributed by atoms with van der Waals surface area (Å²) < 4.78 is 5.47. The van der Waals surface area contributed by atoms with Gasteiger partial charge in [-0.3, -0.25) is 4.90 Å². The molecule has 0 bridgehead atoms. The Bertz CT molecular complexity index is 1140. The summed E-state index contributed by atoms with van der Waals surface area (Å²) in [6.07, 6.45) is 1.12. The molecule has 0 unspecified atom stereocenters. The van der Waals surface area contributed by atoms with E-state index in [1.165, 1.54) is 16.7 Å². The Kier molecular flexibility index (Phi) is 6.71. The third-order valence-corrected chi connectivity index (χ3v) is 6.76. The van der Waals surface area contributed by atoms with Crippen molar-refractivity contribution in [3.8, 4) is 0 Å². The highest BCUT2D eigenvalue weighted by Crippen LogP contribution is 2.26. The Morgan fingerprint density at radius 2 is 1.88 bits per heavy atom. The number of fused-ring (bicyclic) bond motifs is 2. The van der Waals surface area contributed by atoms with Gasteiger partial charge in [0.25, 0.3) is 0 Å². The van der Waals surface area contributed by atoms with Crippen molar-refractivity contribution in [2.24, 2.45) is 0 Å². The van der Waals surface area contributed by atoms with E-state index in [4.69, 9.17) is 21.9 Å². The topological polar surface area (TPSA) is 52.7 Å². The van der Waals surface area contributed by atoms with Gasteiger partial charge in [-0.2, -0.15) is 0 Å². The molecular formula is C26H31N5OS. The number of hydrogen-bond acceptors (Lipinski definition) is 5. The van der Waals surface area contributed by atoms with Crippen LogP contribution in [0.15, 0.2) is 48.5 Å². The lowest BCUT2D eigenvalue weighted by Crippen LogP contribution is -2.39. The van der Waals surface area contributed by atoms with Gasteiger partial charge in [0.05, 0.1) is 18.7 Å². The molecule has 2 aliphatic heterocycles. The molecule has 1 aromatic heterocycles. The van der Waals surface area contributed by atoms with E-state index in [0.717, 1.165) is 81.3 Å². The van der Waals surface area contributed by atoms with Crippen molar-refractivity contribution in [2.75, 3.05) is 56.2 Å². The van der Waals surface area contributed by atoms with Crippen molar-refractivity contribution in [2.45, 2.75) is 19.9 Å². The molecule has 1 fully saturated rings. The average molecular weight is 462 g/mol. The van der Waals surface area contributed by atoms with Gasteiger partial charge in [-0.05, 0) is 66.5 Å².